The predicted molar refractivity (Wildman–Crippen MR) is 82.1 cm³/mol. The van der Waals surface area contributed by atoms with Gasteiger partial charge in [0.25, 0.3) is 0 Å². The van der Waals surface area contributed by atoms with E-state index in [1.165, 1.54) is 11.3 Å². The largest absolute Gasteiger partial charge is 0.369 e. The fourth-order valence-electron chi connectivity index (χ4n) is 1.92. The van der Waals surface area contributed by atoms with Crippen LogP contribution in [0, 0.1) is 0 Å². The van der Waals surface area contributed by atoms with Gasteiger partial charge in [0.15, 0.2) is 0 Å². The van der Waals surface area contributed by atoms with Crippen LogP contribution in [0.4, 0.5) is 5.69 Å². The highest BCUT2D eigenvalue weighted by Gasteiger charge is 2.04. The standard InChI is InChI=1S/C14H22Cl2N2/c15-8-11-18(12-9-16)14-6-4-13(5-7-14)3-1-2-10-17/h4-7H,1-3,8-12,17H2. The first-order valence-electron chi connectivity index (χ1n) is 6.47. The van der Waals surface area contributed by atoms with Gasteiger partial charge < -0.3 is 10.6 Å². The maximum absolute atomic E-state index is 5.80. The molecule has 4 heteroatoms. The van der Waals surface area contributed by atoms with Crippen LogP contribution in [0.1, 0.15) is 18.4 Å². The van der Waals surface area contributed by atoms with Crippen molar-refractivity contribution < 1.29 is 0 Å². The predicted octanol–water partition coefficient (Wildman–Crippen LogP) is 3.25. The van der Waals surface area contributed by atoms with Crippen LogP contribution in [-0.4, -0.2) is 31.4 Å². The second kappa shape index (κ2) is 9.48. The first-order valence-corrected chi connectivity index (χ1v) is 7.54. The molecule has 2 nitrogen and oxygen atoms in total. The van der Waals surface area contributed by atoms with Gasteiger partial charge in [0.2, 0.25) is 0 Å². The number of benzene rings is 1. The molecule has 0 atom stereocenters. The van der Waals surface area contributed by atoms with E-state index in [9.17, 15) is 0 Å². The lowest BCUT2D eigenvalue weighted by Gasteiger charge is -2.23. The summed E-state index contributed by atoms with van der Waals surface area (Å²) in [6.07, 6.45) is 3.35. The maximum Gasteiger partial charge on any atom is 0.0399 e. The molecule has 0 unspecified atom stereocenters. The Morgan fingerprint density at radius 2 is 1.56 bits per heavy atom. The van der Waals surface area contributed by atoms with Gasteiger partial charge in [-0.2, -0.15) is 0 Å². The molecule has 0 aromatic heterocycles. The average Bonchev–Trinajstić information content (AvgIpc) is 2.40. The fourth-order valence-corrected chi connectivity index (χ4v) is 2.33. The molecule has 0 heterocycles. The Hall–Kier alpha value is -0.440. The van der Waals surface area contributed by atoms with Crippen molar-refractivity contribution in [2.45, 2.75) is 19.3 Å². The Morgan fingerprint density at radius 3 is 2.06 bits per heavy atom. The number of nitrogens with two attached hydrogens (primary N) is 1. The van der Waals surface area contributed by atoms with Crippen LogP contribution in [0.2, 0.25) is 0 Å². The van der Waals surface area contributed by atoms with E-state index in [0.29, 0.717) is 11.8 Å². The van der Waals surface area contributed by atoms with Crippen molar-refractivity contribution >= 4 is 28.9 Å². The third-order valence-electron chi connectivity index (χ3n) is 2.93. The SMILES string of the molecule is NCCCCc1ccc(N(CCCl)CCCl)cc1. The zero-order chi connectivity index (χ0) is 13.2. The quantitative estimate of drug-likeness (QED) is 0.558. The van der Waals surface area contributed by atoms with E-state index < -0.39 is 0 Å². The van der Waals surface area contributed by atoms with Crippen LogP contribution in [0.3, 0.4) is 0 Å². The van der Waals surface area contributed by atoms with Crippen molar-refractivity contribution in [2.24, 2.45) is 5.73 Å². The molecule has 1 aromatic rings. The smallest absolute Gasteiger partial charge is 0.0399 e. The van der Waals surface area contributed by atoms with Gasteiger partial charge >= 0.3 is 0 Å². The molecule has 0 amide bonds. The summed E-state index contributed by atoms with van der Waals surface area (Å²) in [6, 6.07) is 8.66. The van der Waals surface area contributed by atoms with Gasteiger partial charge in [-0.1, -0.05) is 12.1 Å². The van der Waals surface area contributed by atoms with Crippen molar-refractivity contribution in [1.29, 1.82) is 0 Å². The van der Waals surface area contributed by atoms with E-state index >= 15 is 0 Å². The van der Waals surface area contributed by atoms with Crippen molar-refractivity contribution in [3.63, 3.8) is 0 Å². The summed E-state index contributed by atoms with van der Waals surface area (Å²) in [5.41, 5.74) is 8.05. The summed E-state index contributed by atoms with van der Waals surface area (Å²) in [4.78, 5) is 2.21. The Balaban J connectivity index is 2.56. The Bertz CT molecular complexity index is 308. The van der Waals surface area contributed by atoms with Crippen LogP contribution in [0.25, 0.3) is 0 Å². The summed E-state index contributed by atoms with van der Waals surface area (Å²) in [5, 5.41) is 0. The van der Waals surface area contributed by atoms with E-state index in [4.69, 9.17) is 28.9 Å². The summed E-state index contributed by atoms with van der Waals surface area (Å²) in [5.74, 6) is 1.24. The molecule has 18 heavy (non-hydrogen) atoms. The monoisotopic (exact) mass is 288 g/mol. The third-order valence-corrected chi connectivity index (χ3v) is 3.27. The first-order chi connectivity index (χ1) is 8.81. The normalized spacial score (nSPS) is 10.6. The van der Waals surface area contributed by atoms with Crippen molar-refractivity contribution in [3.8, 4) is 0 Å². The number of aryl methyl sites for hydroxylation is 1. The minimum absolute atomic E-state index is 0.620. The van der Waals surface area contributed by atoms with Crippen LogP contribution >= 0.6 is 23.2 Å². The topological polar surface area (TPSA) is 29.3 Å². The molecule has 2 N–H and O–H groups in total. The number of hydrogen-bond donors (Lipinski definition) is 1. The van der Waals surface area contributed by atoms with Crippen LogP contribution in [0.15, 0.2) is 24.3 Å². The summed E-state index contributed by atoms with van der Waals surface area (Å²) in [6.45, 7) is 2.44. The Morgan fingerprint density at radius 1 is 0.944 bits per heavy atom. The zero-order valence-corrected chi connectivity index (χ0v) is 12.3. The maximum atomic E-state index is 5.80. The molecule has 1 rings (SSSR count). The minimum atomic E-state index is 0.620. The minimum Gasteiger partial charge on any atom is -0.369 e. The average molecular weight is 289 g/mol. The molecular formula is C14H22Cl2N2. The first kappa shape index (κ1) is 15.6. The highest BCUT2D eigenvalue weighted by molar-refractivity contribution is 6.18. The number of anilines is 1. The van der Waals surface area contributed by atoms with E-state index in [1.807, 2.05) is 0 Å². The Labute approximate surface area is 120 Å². The fraction of sp³-hybridized carbons (Fsp3) is 0.571. The molecule has 0 saturated heterocycles. The lowest BCUT2D eigenvalue weighted by atomic mass is 10.1. The molecule has 0 saturated carbocycles. The number of alkyl halides is 2. The summed E-state index contributed by atoms with van der Waals surface area (Å²) < 4.78 is 0. The molecule has 0 aliphatic heterocycles. The highest BCUT2D eigenvalue weighted by Crippen LogP contribution is 2.16. The second-order valence-electron chi connectivity index (χ2n) is 4.28. The third kappa shape index (κ3) is 5.47. The highest BCUT2D eigenvalue weighted by atomic mass is 35.5. The zero-order valence-electron chi connectivity index (χ0n) is 10.7. The Kier molecular flexibility index (Phi) is 8.23. The lowest BCUT2D eigenvalue weighted by Crippen LogP contribution is -2.27. The van der Waals surface area contributed by atoms with E-state index in [-0.39, 0.29) is 0 Å². The second-order valence-corrected chi connectivity index (χ2v) is 5.03. The van der Waals surface area contributed by atoms with Gasteiger partial charge in [-0.15, -0.1) is 23.2 Å². The van der Waals surface area contributed by atoms with Gasteiger partial charge in [0.05, 0.1) is 0 Å². The van der Waals surface area contributed by atoms with Gasteiger partial charge in [0.1, 0.15) is 0 Å². The molecular weight excluding hydrogens is 267 g/mol. The molecule has 0 radical (unpaired) electrons. The van der Waals surface area contributed by atoms with Gasteiger partial charge in [-0.05, 0) is 43.5 Å². The summed E-state index contributed by atoms with van der Waals surface area (Å²) in [7, 11) is 0. The molecule has 0 aliphatic carbocycles. The van der Waals surface area contributed by atoms with Gasteiger partial charge in [0, 0.05) is 30.5 Å². The molecule has 102 valence electrons. The van der Waals surface area contributed by atoms with Crippen molar-refractivity contribution in [1.82, 2.24) is 0 Å². The van der Waals surface area contributed by atoms with E-state index in [1.54, 1.807) is 0 Å². The lowest BCUT2D eigenvalue weighted by molar-refractivity contribution is 0.744. The molecule has 0 spiro atoms. The summed E-state index contributed by atoms with van der Waals surface area (Å²) >= 11 is 11.6. The number of hydrogen-bond acceptors (Lipinski definition) is 2. The molecule has 0 fully saturated rings. The van der Waals surface area contributed by atoms with Gasteiger partial charge in [-0.25, -0.2) is 0 Å². The van der Waals surface area contributed by atoms with Crippen LogP contribution < -0.4 is 10.6 Å². The van der Waals surface area contributed by atoms with E-state index in [2.05, 4.69) is 29.2 Å². The number of nitrogens with zero attached hydrogens (tertiary/aromatic N) is 1. The number of unbranched alkanes of at least 4 members (excludes halogenated alkanes) is 1. The van der Waals surface area contributed by atoms with Crippen LogP contribution in [0.5, 0.6) is 0 Å². The van der Waals surface area contributed by atoms with Crippen molar-refractivity contribution in [2.75, 3.05) is 36.3 Å². The number of halogens is 2. The van der Waals surface area contributed by atoms with Crippen LogP contribution in [-0.2, 0) is 6.42 Å². The molecule has 0 aliphatic rings. The van der Waals surface area contributed by atoms with E-state index in [0.717, 1.165) is 38.9 Å². The molecule has 0 bridgehead atoms. The molecule has 1 aromatic carbocycles. The number of rotatable bonds is 9. The van der Waals surface area contributed by atoms with Crippen molar-refractivity contribution in [3.05, 3.63) is 29.8 Å². The van der Waals surface area contributed by atoms with Gasteiger partial charge in [-0.3, -0.25) is 0 Å².